The molecule has 1 N–H and O–H groups in total. The Morgan fingerprint density at radius 2 is 1.27 bits per heavy atom. The first-order valence-electron chi connectivity index (χ1n) is 18.9. The van der Waals surface area contributed by atoms with E-state index in [0.29, 0.717) is 11.5 Å². The van der Waals surface area contributed by atoms with Crippen molar-refractivity contribution in [2.45, 2.75) is 128 Å². The van der Waals surface area contributed by atoms with Crippen LogP contribution < -0.4 is 10.2 Å². The summed E-state index contributed by atoms with van der Waals surface area (Å²) in [6.07, 6.45) is 21.1. The van der Waals surface area contributed by atoms with Crippen LogP contribution in [0.1, 0.15) is 133 Å². The van der Waals surface area contributed by atoms with Gasteiger partial charge in [-0.25, -0.2) is 4.98 Å². The molecule has 1 amide bonds. The third-order valence-electron chi connectivity index (χ3n) is 9.23. The molecule has 1 aliphatic rings. The zero-order valence-corrected chi connectivity index (χ0v) is 31.1. The van der Waals surface area contributed by atoms with E-state index >= 15 is 0 Å². The first-order valence-corrected chi connectivity index (χ1v) is 20.3. The summed E-state index contributed by atoms with van der Waals surface area (Å²) in [5.41, 5.74) is 1.68. The predicted molar refractivity (Wildman–Crippen MR) is 198 cm³/mol. The van der Waals surface area contributed by atoms with Crippen molar-refractivity contribution in [2.75, 3.05) is 50.8 Å². The van der Waals surface area contributed by atoms with Crippen LogP contribution in [-0.4, -0.2) is 70.1 Å². The van der Waals surface area contributed by atoms with Crippen molar-refractivity contribution < 1.29 is 17.4 Å². The fourth-order valence-corrected chi connectivity index (χ4v) is 7.27. The monoisotopic (exact) mass is 684 g/mol. The van der Waals surface area contributed by atoms with E-state index in [4.69, 9.17) is 4.18 Å². The number of nitrogens with one attached hydrogen (secondary N) is 1. The highest BCUT2D eigenvalue weighted by Crippen LogP contribution is 2.17. The minimum atomic E-state index is -3.63. The Kier molecular flexibility index (Phi) is 19.2. The smallest absolute Gasteiger partial charge is 0.296 e. The fraction of sp³-hybridized carbons (Fsp3) is 0.692. The van der Waals surface area contributed by atoms with Crippen molar-refractivity contribution in [3.8, 4) is 0 Å². The second-order valence-electron chi connectivity index (χ2n) is 14.1. The Bertz CT molecular complexity index is 1240. The highest BCUT2D eigenvalue weighted by molar-refractivity contribution is 7.86. The minimum absolute atomic E-state index is 0.0226. The van der Waals surface area contributed by atoms with Crippen molar-refractivity contribution in [3.63, 3.8) is 0 Å². The number of unbranched alkanes of at least 4 members (excludes halogenated alkanes) is 15. The van der Waals surface area contributed by atoms with Crippen molar-refractivity contribution in [3.05, 3.63) is 53.7 Å². The number of aryl methyl sites for hydroxylation is 1. The number of amides is 1. The molecule has 1 aliphatic heterocycles. The lowest BCUT2D eigenvalue weighted by atomic mass is 10.0. The summed E-state index contributed by atoms with van der Waals surface area (Å²) in [5, 5.41) is 3.06. The van der Waals surface area contributed by atoms with Crippen LogP contribution in [0.25, 0.3) is 0 Å². The summed E-state index contributed by atoms with van der Waals surface area (Å²) in [5.74, 6) is 1.64. The first kappa shape index (κ1) is 39.9. The number of nitrogens with zero attached hydrogens (tertiary/aromatic N) is 3. The van der Waals surface area contributed by atoms with Gasteiger partial charge >= 0.3 is 0 Å². The molecule has 0 saturated carbocycles. The topological polar surface area (TPSA) is 91.8 Å². The van der Waals surface area contributed by atoms with Crippen LogP contribution >= 0.6 is 0 Å². The van der Waals surface area contributed by atoms with Crippen LogP contribution in [0.5, 0.6) is 0 Å². The summed E-state index contributed by atoms with van der Waals surface area (Å²) in [4.78, 5) is 22.2. The van der Waals surface area contributed by atoms with E-state index in [2.05, 4.69) is 33.9 Å². The van der Waals surface area contributed by atoms with Gasteiger partial charge in [-0.1, -0.05) is 121 Å². The molecule has 2 aromatic rings. The number of anilines is 1. The molecule has 0 bridgehead atoms. The lowest BCUT2D eigenvalue weighted by molar-refractivity contribution is 0.0952. The number of piperazine rings is 1. The van der Waals surface area contributed by atoms with Gasteiger partial charge in [0.15, 0.2) is 0 Å². The van der Waals surface area contributed by atoms with Crippen molar-refractivity contribution in [2.24, 2.45) is 5.92 Å². The molecule has 3 rings (SSSR count). The largest absolute Gasteiger partial charge is 0.354 e. The van der Waals surface area contributed by atoms with Crippen LogP contribution in [0.2, 0.25) is 0 Å². The molecule has 0 spiro atoms. The van der Waals surface area contributed by atoms with Gasteiger partial charge in [-0.3, -0.25) is 13.9 Å². The van der Waals surface area contributed by atoms with E-state index in [1.807, 2.05) is 19.1 Å². The number of rotatable bonds is 25. The van der Waals surface area contributed by atoms with Gasteiger partial charge in [0.2, 0.25) is 0 Å². The molecule has 2 heterocycles. The zero-order chi connectivity index (χ0) is 34.5. The summed E-state index contributed by atoms with van der Waals surface area (Å²) in [7, 11) is -3.63. The van der Waals surface area contributed by atoms with Crippen LogP contribution in [0.3, 0.4) is 0 Å². The fourth-order valence-electron chi connectivity index (χ4n) is 6.33. The van der Waals surface area contributed by atoms with E-state index in [0.717, 1.165) is 76.3 Å². The summed E-state index contributed by atoms with van der Waals surface area (Å²) < 4.78 is 29.6. The highest BCUT2D eigenvalue weighted by Gasteiger charge is 2.19. The summed E-state index contributed by atoms with van der Waals surface area (Å²) >= 11 is 0. The Hall–Kier alpha value is -2.49. The lowest BCUT2D eigenvalue weighted by Crippen LogP contribution is -2.47. The summed E-state index contributed by atoms with van der Waals surface area (Å²) in [6.45, 7) is 12.7. The Morgan fingerprint density at radius 1 is 0.750 bits per heavy atom. The molecule has 0 aliphatic carbocycles. The quantitative estimate of drug-likeness (QED) is 0.0828. The van der Waals surface area contributed by atoms with Gasteiger partial charge in [0.05, 0.1) is 17.1 Å². The second-order valence-corrected chi connectivity index (χ2v) is 15.7. The average molecular weight is 685 g/mol. The van der Waals surface area contributed by atoms with E-state index in [1.165, 1.54) is 77.0 Å². The third-order valence-corrected chi connectivity index (χ3v) is 10.6. The average Bonchev–Trinajstić information content (AvgIpc) is 3.07. The number of benzene rings is 1. The van der Waals surface area contributed by atoms with Gasteiger partial charge in [0.1, 0.15) is 5.82 Å². The van der Waals surface area contributed by atoms with Crippen molar-refractivity contribution in [1.82, 2.24) is 15.2 Å². The maximum Gasteiger partial charge on any atom is 0.296 e. The molecule has 0 atom stereocenters. The minimum Gasteiger partial charge on any atom is -0.354 e. The second kappa shape index (κ2) is 23.0. The number of hydrogen-bond acceptors (Lipinski definition) is 7. The van der Waals surface area contributed by atoms with E-state index < -0.39 is 10.1 Å². The van der Waals surface area contributed by atoms with Crippen molar-refractivity contribution >= 4 is 21.8 Å². The van der Waals surface area contributed by atoms with E-state index in [1.54, 1.807) is 30.5 Å². The van der Waals surface area contributed by atoms with Gasteiger partial charge in [-0.2, -0.15) is 8.42 Å². The Morgan fingerprint density at radius 3 is 1.77 bits per heavy atom. The number of pyridine rings is 1. The van der Waals surface area contributed by atoms with E-state index in [-0.39, 0.29) is 17.4 Å². The highest BCUT2D eigenvalue weighted by atomic mass is 32.2. The van der Waals surface area contributed by atoms with Crippen LogP contribution in [0.15, 0.2) is 47.5 Å². The zero-order valence-electron chi connectivity index (χ0n) is 30.3. The maximum absolute atomic E-state index is 12.5. The van der Waals surface area contributed by atoms with Gasteiger partial charge < -0.3 is 10.2 Å². The van der Waals surface area contributed by atoms with Gasteiger partial charge in [0.25, 0.3) is 16.0 Å². The third kappa shape index (κ3) is 16.3. The molecule has 48 heavy (non-hydrogen) atoms. The normalized spacial score (nSPS) is 14.1. The number of hydrogen-bond donors (Lipinski definition) is 1. The molecular formula is C39H64N4O4S. The first-order chi connectivity index (χ1) is 23.2. The predicted octanol–water partition coefficient (Wildman–Crippen LogP) is 8.54. The van der Waals surface area contributed by atoms with Crippen LogP contribution in [0.4, 0.5) is 5.82 Å². The van der Waals surface area contributed by atoms with Gasteiger partial charge in [-0.05, 0) is 49.9 Å². The van der Waals surface area contributed by atoms with Crippen molar-refractivity contribution in [1.29, 1.82) is 0 Å². The summed E-state index contributed by atoms with van der Waals surface area (Å²) in [6, 6.07) is 10.7. The van der Waals surface area contributed by atoms with Crippen LogP contribution in [-0.2, 0) is 14.3 Å². The molecule has 1 fully saturated rings. The number of aromatic nitrogens is 1. The molecule has 0 radical (unpaired) electrons. The SMILES string of the molecule is Cc1ccc(S(=O)(=O)OCCCCCCCCCCCCCCCCCCNC(=O)c2ccc(N3CCN(CC(C)C)CC3)nc2)cc1. The molecule has 1 aromatic carbocycles. The molecule has 1 aromatic heterocycles. The maximum atomic E-state index is 12.5. The van der Waals surface area contributed by atoms with Gasteiger partial charge in [-0.15, -0.1) is 0 Å². The molecule has 270 valence electrons. The van der Waals surface area contributed by atoms with E-state index in [9.17, 15) is 13.2 Å². The number of carbonyl (C=O) groups excluding carboxylic acids is 1. The van der Waals surface area contributed by atoms with Crippen LogP contribution in [0, 0.1) is 12.8 Å². The Balaban J connectivity index is 1.05. The van der Waals surface area contributed by atoms with Gasteiger partial charge in [0, 0.05) is 45.5 Å². The standard InChI is InChI=1S/C39H64N4O4S/c1-34(2)33-42-27-29-43(30-28-42)38-25-22-36(32-41-38)39(44)40-26-18-16-14-12-10-8-6-4-5-7-9-11-13-15-17-19-31-47-48(45,46)37-23-20-35(3)21-24-37/h20-25,32,34H,4-19,26-31,33H2,1-3H3,(H,40,44). The molecule has 9 heteroatoms. The number of carbonyl (C=O) groups is 1. The molecule has 8 nitrogen and oxygen atoms in total. The Labute approximate surface area is 292 Å². The lowest BCUT2D eigenvalue weighted by Gasteiger charge is -2.36. The molecule has 0 unspecified atom stereocenters. The molecular weight excluding hydrogens is 621 g/mol. The molecule has 1 saturated heterocycles.